The molecule has 1 rings (SSSR count). The van der Waals surface area contributed by atoms with Crippen LogP contribution in [0.4, 0.5) is 0 Å². The summed E-state index contributed by atoms with van der Waals surface area (Å²) in [6.07, 6.45) is 1.98. The Balaban J connectivity index is 2.46. The van der Waals surface area contributed by atoms with E-state index in [1.165, 1.54) is 0 Å². The quantitative estimate of drug-likeness (QED) is 0.762. The lowest BCUT2D eigenvalue weighted by atomic mass is 10.1. The van der Waals surface area contributed by atoms with Gasteiger partial charge in [0, 0.05) is 25.6 Å². The fourth-order valence-corrected chi connectivity index (χ4v) is 1.98. The first kappa shape index (κ1) is 14.0. The van der Waals surface area contributed by atoms with Crippen molar-refractivity contribution in [3.63, 3.8) is 0 Å². The van der Waals surface area contributed by atoms with Gasteiger partial charge in [-0.25, -0.2) is 0 Å². The van der Waals surface area contributed by atoms with Gasteiger partial charge in [-0.15, -0.1) is 0 Å². The standard InChI is InChI=1S/C12H21NO4/c1-9(2)13(7-3-6-11(14)15)12(16)10-5-4-8-17-10/h9-10H,3-8H2,1-2H3,(H,14,15)/t10-/m0/s1. The third-order valence-corrected chi connectivity index (χ3v) is 2.90. The second kappa shape index (κ2) is 6.59. The zero-order chi connectivity index (χ0) is 12.8. The lowest BCUT2D eigenvalue weighted by Gasteiger charge is -2.28. The van der Waals surface area contributed by atoms with Crippen LogP contribution in [0.1, 0.15) is 39.5 Å². The van der Waals surface area contributed by atoms with Gasteiger partial charge >= 0.3 is 5.97 Å². The van der Waals surface area contributed by atoms with E-state index in [0.29, 0.717) is 19.6 Å². The van der Waals surface area contributed by atoms with Crippen LogP contribution in [0.3, 0.4) is 0 Å². The van der Waals surface area contributed by atoms with Crippen LogP contribution in [-0.2, 0) is 14.3 Å². The van der Waals surface area contributed by atoms with Gasteiger partial charge in [0.05, 0.1) is 0 Å². The molecule has 0 aromatic rings. The number of hydrogen-bond donors (Lipinski definition) is 1. The van der Waals surface area contributed by atoms with E-state index in [-0.39, 0.29) is 24.5 Å². The first-order valence-electron chi connectivity index (χ1n) is 6.16. The Morgan fingerprint density at radius 1 is 1.47 bits per heavy atom. The molecular weight excluding hydrogens is 222 g/mol. The molecule has 0 spiro atoms. The number of ether oxygens (including phenoxy) is 1. The number of amides is 1. The molecule has 0 saturated carbocycles. The minimum atomic E-state index is -0.821. The molecule has 17 heavy (non-hydrogen) atoms. The molecule has 1 aliphatic heterocycles. The predicted octanol–water partition coefficient (Wildman–Crippen LogP) is 1.27. The SMILES string of the molecule is CC(C)N(CCCC(=O)O)C(=O)[C@@H]1CCCO1. The van der Waals surface area contributed by atoms with Crippen LogP contribution in [0.2, 0.25) is 0 Å². The van der Waals surface area contributed by atoms with Crippen molar-refractivity contribution >= 4 is 11.9 Å². The molecule has 98 valence electrons. The summed E-state index contributed by atoms with van der Waals surface area (Å²) in [5.74, 6) is -0.818. The number of rotatable bonds is 6. The van der Waals surface area contributed by atoms with Crippen LogP contribution in [-0.4, -0.2) is 47.2 Å². The number of carboxylic acid groups (broad SMARTS) is 1. The molecule has 1 N–H and O–H groups in total. The highest BCUT2D eigenvalue weighted by Gasteiger charge is 2.29. The molecule has 0 radical (unpaired) electrons. The third-order valence-electron chi connectivity index (χ3n) is 2.90. The highest BCUT2D eigenvalue weighted by molar-refractivity contribution is 5.81. The minimum Gasteiger partial charge on any atom is -0.481 e. The van der Waals surface area contributed by atoms with Crippen LogP contribution >= 0.6 is 0 Å². The monoisotopic (exact) mass is 243 g/mol. The fourth-order valence-electron chi connectivity index (χ4n) is 1.98. The van der Waals surface area contributed by atoms with Crippen molar-refractivity contribution in [1.29, 1.82) is 0 Å². The largest absolute Gasteiger partial charge is 0.481 e. The van der Waals surface area contributed by atoms with Crippen LogP contribution in [0.15, 0.2) is 0 Å². The lowest BCUT2D eigenvalue weighted by molar-refractivity contribution is -0.144. The van der Waals surface area contributed by atoms with Crippen LogP contribution in [0, 0.1) is 0 Å². The Morgan fingerprint density at radius 2 is 2.18 bits per heavy atom. The van der Waals surface area contributed by atoms with Crippen molar-refractivity contribution in [2.45, 2.75) is 51.7 Å². The van der Waals surface area contributed by atoms with Crippen molar-refractivity contribution in [2.24, 2.45) is 0 Å². The first-order chi connectivity index (χ1) is 8.02. The topological polar surface area (TPSA) is 66.8 Å². The summed E-state index contributed by atoms with van der Waals surface area (Å²) in [5, 5.41) is 8.59. The molecule has 0 aromatic heterocycles. The summed E-state index contributed by atoms with van der Waals surface area (Å²) in [6.45, 7) is 5.02. The molecule has 1 heterocycles. The second-order valence-corrected chi connectivity index (χ2v) is 4.62. The average molecular weight is 243 g/mol. The van der Waals surface area contributed by atoms with Crippen molar-refractivity contribution in [3.8, 4) is 0 Å². The maximum absolute atomic E-state index is 12.1. The first-order valence-corrected chi connectivity index (χ1v) is 6.16. The summed E-state index contributed by atoms with van der Waals surface area (Å²) >= 11 is 0. The maximum Gasteiger partial charge on any atom is 0.303 e. The van der Waals surface area contributed by atoms with Gasteiger partial charge < -0.3 is 14.7 Å². The highest BCUT2D eigenvalue weighted by Crippen LogP contribution is 2.16. The molecule has 0 aromatic carbocycles. The number of carbonyl (C=O) groups is 2. The molecule has 0 unspecified atom stereocenters. The van der Waals surface area contributed by atoms with Gasteiger partial charge in [0.25, 0.3) is 5.91 Å². The maximum atomic E-state index is 12.1. The minimum absolute atomic E-state index is 0.00267. The molecular formula is C12H21NO4. The normalized spacial score (nSPS) is 19.6. The van der Waals surface area contributed by atoms with Crippen LogP contribution < -0.4 is 0 Å². The molecule has 5 heteroatoms. The van der Waals surface area contributed by atoms with E-state index in [2.05, 4.69) is 0 Å². The van der Waals surface area contributed by atoms with Gasteiger partial charge in [-0.3, -0.25) is 9.59 Å². The molecule has 1 atom stereocenters. The van der Waals surface area contributed by atoms with E-state index >= 15 is 0 Å². The van der Waals surface area contributed by atoms with Crippen molar-refractivity contribution in [2.75, 3.05) is 13.2 Å². The van der Waals surface area contributed by atoms with Gasteiger partial charge in [-0.1, -0.05) is 0 Å². The summed E-state index contributed by atoms with van der Waals surface area (Å²) < 4.78 is 5.37. The van der Waals surface area contributed by atoms with Gasteiger partial charge in [0.15, 0.2) is 0 Å². The number of hydrogen-bond acceptors (Lipinski definition) is 3. The Bertz CT molecular complexity index is 272. The molecule has 0 bridgehead atoms. The van der Waals surface area contributed by atoms with Crippen molar-refractivity contribution < 1.29 is 19.4 Å². The summed E-state index contributed by atoms with van der Waals surface area (Å²) in [7, 11) is 0. The van der Waals surface area contributed by atoms with Gasteiger partial charge in [0.1, 0.15) is 6.10 Å². The number of carbonyl (C=O) groups excluding carboxylic acids is 1. The highest BCUT2D eigenvalue weighted by atomic mass is 16.5. The fraction of sp³-hybridized carbons (Fsp3) is 0.833. The molecule has 0 aliphatic carbocycles. The Labute approximate surface area is 102 Å². The molecule has 1 aliphatic rings. The van der Waals surface area contributed by atoms with Gasteiger partial charge in [-0.05, 0) is 33.1 Å². The number of carboxylic acids is 1. The van der Waals surface area contributed by atoms with Crippen LogP contribution in [0.5, 0.6) is 0 Å². The molecule has 1 amide bonds. The smallest absolute Gasteiger partial charge is 0.303 e. The summed E-state index contributed by atoms with van der Waals surface area (Å²) in [5.41, 5.74) is 0. The number of aliphatic carboxylic acids is 1. The van der Waals surface area contributed by atoms with E-state index < -0.39 is 5.97 Å². The van der Waals surface area contributed by atoms with E-state index in [1.807, 2.05) is 13.8 Å². The van der Waals surface area contributed by atoms with Gasteiger partial charge in [0.2, 0.25) is 0 Å². The van der Waals surface area contributed by atoms with Crippen molar-refractivity contribution in [1.82, 2.24) is 4.90 Å². The van der Waals surface area contributed by atoms with E-state index in [1.54, 1.807) is 4.90 Å². The number of nitrogens with zero attached hydrogens (tertiary/aromatic N) is 1. The Hall–Kier alpha value is -1.10. The molecule has 1 saturated heterocycles. The van der Waals surface area contributed by atoms with E-state index in [4.69, 9.17) is 9.84 Å². The molecule has 5 nitrogen and oxygen atoms in total. The van der Waals surface area contributed by atoms with Gasteiger partial charge in [-0.2, -0.15) is 0 Å². The zero-order valence-electron chi connectivity index (χ0n) is 10.5. The second-order valence-electron chi connectivity index (χ2n) is 4.62. The average Bonchev–Trinajstić information content (AvgIpc) is 2.75. The van der Waals surface area contributed by atoms with E-state index in [9.17, 15) is 9.59 Å². The third kappa shape index (κ3) is 4.34. The summed E-state index contributed by atoms with van der Waals surface area (Å²) in [4.78, 5) is 24.3. The summed E-state index contributed by atoms with van der Waals surface area (Å²) in [6, 6.07) is 0.0838. The van der Waals surface area contributed by atoms with Crippen molar-refractivity contribution in [3.05, 3.63) is 0 Å². The van der Waals surface area contributed by atoms with Crippen LogP contribution in [0.25, 0.3) is 0 Å². The lowest BCUT2D eigenvalue weighted by Crippen LogP contribution is -2.43. The molecule has 1 fully saturated rings. The Morgan fingerprint density at radius 3 is 2.65 bits per heavy atom. The van der Waals surface area contributed by atoms with E-state index in [0.717, 1.165) is 12.8 Å². The Kier molecular flexibility index (Phi) is 5.41. The predicted molar refractivity (Wildman–Crippen MR) is 62.7 cm³/mol. The zero-order valence-corrected chi connectivity index (χ0v) is 10.5.